The van der Waals surface area contributed by atoms with Crippen LogP contribution in [0, 0.1) is 11.8 Å². The Morgan fingerprint density at radius 1 is 0.354 bits per heavy atom. The number of rotatable bonds is 83. The van der Waals surface area contributed by atoms with E-state index in [9.17, 15) is 79.1 Å². The number of carbonyl (C=O) groups is 5. The van der Waals surface area contributed by atoms with Crippen LogP contribution < -0.4 is 21.3 Å². The molecular formula is C72H136BN4O47P3. The Labute approximate surface area is 737 Å². The second-order valence-corrected chi connectivity index (χ2v) is 32.1. The van der Waals surface area contributed by atoms with Gasteiger partial charge in [0.2, 0.25) is 23.6 Å². The van der Waals surface area contributed by atoms with Crippen molar-refractivity contribution in [1.29, 1.82) is 0 Å². The molecular weight excluding hydrogens is 1780 g/mol. The lowest BCUT2D eigenvalue weighted by Gasteiger charge is -2.49. The number of hydrogen-bond acceptors (Lipinski definition) is 43. The van der Waals surface area contributed by atoms with E-state index in [1.54, 1.807) is 0 Å². The van der Waals surface area contributed by atoms with Crippen molar-refractivity contribution in [3.05, 3.63) is 0 Å². The molecule has 15 unspecified atom stereocenters. The first-order valence-corrected chi connectivity index (χ1v) is 46.1. The summed E-state index contributed by atoms with van der Waals surface area (Å²) in [5.41, 5.74) is -1.25. The molecule has 0 radical (unpaired) electrons. The first kappa shape index (κ1) is 116. The standard InChI is InChI=1S/C72H136BN4O47P3/c73-54(78)5-15-102-21-26-106-25-20-101-14-1-13-100-16-6-58(82)77-71(8-3-56(80)75-11-18-104-23-28-108-31-34-111-37-40-114-43-46-117-69-66(89)64(87)61(84)52(122-69)49-120-126(94,95)96,9-4-57(81)76-12-19-105-24-29-109-32-35-112-38-41-115-44-47-118-70-67(90)65(88)62(85)53(123-70)50-121-127(97,98)99)7-2-55(79)74-10-17-103-22-27-107-30-33-110-36-39-113-42-45-116-68-59-63(86)60(83)51(48-119-125(92)93)72(59,91)124-68/h51-53,59-70,83-93H,1-50,73H2,(H,74,79)(H,75,80)(H,76,81)(H,77,82)(H2,94,95,96)(H2,97,98,99)/t51?,52?,53?,59?,60?,61?,62?,63?,64?,65?,66?,67?,68?,69?,70?,71?,72-/m1/s1. The summed E-state index contributed by atoms with van der Waals surface area (Å²) in [5.74, 6) is -5.80. The molecule has 4 fully saturated rings. The third kappa shape index (κ3) is 52.5. The summed E-state index contributed by atoms with van der Waals surface area (Å²) in [6.45, 7) is 4.24. The zero-order valence-corrected chi connectivity index (χ0v) is 74.3. The Kier molecular flexibility index (Phi) is 63.0. The summed E-state index contributed by atoms with van der Waals surface area (Å²) >= 11 is 0. The summed E-state index contributed by atoms with van der Waals surface area (Å²) in [6, 6.07) is 0. The molecule has 0 aromatic carbocycles. The topological polar surface area (TPSA) is 702 Å². The van der Waals surface area contributed by atoms with Crippen molar-refractivity contribution >= 4 is 61.4 Å². The smallest absolute Gasteiger partial charge is 0.390 e. The summed E-state index contributed by atoms with van der Waals surface area (Å²) in [4.78, 5) is 120. The third-order valence-electron chi connectivity index (χ3n) is 19.1. The fraction of sp³-hybridized carbons (Fsp3) is 0.931. The first-order chi connectivity index (χ1) is 60.9. The molecule has 51 nitrogen and oxygen atoms in total. The third-order valence-corrected chi connectivity index (χ3v) is 20.5. The molecule has 0 bridgehead atoms. The summed E-state index contributed by atoms with van der Waals surface area (Å²) in [7, 11) is -11.1. The van der Waals surface area contributed by atoms with E-state index in [4.69, 9.17) is 138 Å². The monoisotopic (exact) mass is 1910 g/mol. The molecule has 744 valence electrons. The first-order valence-electron chi connectivity index (χ1n) is 41.9. The van der Waals surface area contributed by atoms with Crippen molar-refractivity contribution in [1.82, 2.24) is 21.3 Å². The van der Waals surface area contributed by atoms with E-state index in [-0.39, 0.29) is 262 Å². The highest BCUT2D eigenvalue weighted by Crippen LogP contribution is 2.54. The Hall–Kier alpha value is -3.10. The maximum atomic E-state index is 13.9. The molecule has 0 aromatic heterocycles. The number of aliphatic hydroxyl groups is 9. The van der Waals surface area contributed by atoms with E-state index in [1.165, 1.54) is 7.85 Å². The van der Waals surface area contributed by atoms with Crippen LogP contribution in [0.4, 0.5) is 0 Å². The van der Waals surface area contributed by atoms with Crippen molar-refractivity contribution in [2.24, 2.45) is 11.8 Å². The second-order valence-electron chi connectivity index (χ2n) is 28.8. The molecule has 127 heavy (non-hydrogen) atoms. The fourth-order valence-electron chi connectivity index (χ4n) is 12.4. The van der Waals surface area contributed by atoms with Gasteiger partial charge >= 0.3 is 24.2 Å². The SMILES string of the molecule is BC(=O)CCOCCOCCOCCCOCCC(=O)NC(CCC(=O)NCCOCCOCCOCCOCCOC1OC(COP(=O)(O)O)C(O)C(O)C1O)(CCC(=O)NCCOCCOCCOCCOCCOC1OC(COP(=O)(O)O)C(O)C(O)C1O)CCC(=O)NCCOCCOCCOCCOCCOC1O[C@]2(O)C(COP(O)O)C(O)C(O)C12. The zero-order chi connectivity index (χ0) is 93.0. The van der Waals surface area contributed by atoms with Crippen LogP contribution in [0.15, 0.2) is 0 Å². The van der Waals surface area contributed by atoms with E-state index < -0.39 is 171 Å². The Bertz CT molecular complexity index is 2870. The number of aliphatic hydroxyl groups excluding tert-OH is 8. The molecule has 0 aromatic rings. The minimum atomic E-state index is -4.92. The van der Waals surface area contributed by atoms with Gasteiger partial charge < -0.3 is 210 Å². The van der Waals surface area contributed by atoms with Gasteiger partial charge in [-0.2, -0.15) is 0 Å². The van der Waals surface area contributed by atoms with Crippen LogP contribution in [-0.2, 0) is 151 Å². The number of carbonyl (C=O) groups excluding carboxylic acids is 5. The number of hydrogen-bond donors (Lipinski definition) is 19. The van der Waals surface area contributed by atoms with Crippen molar-refractivity contribution < 1.29 is 226 Å². The lowest BCUT2D eigenvalue weighted by Crippen LogP contribution is -2.64. The number of phosphoric acid groups is 2. The van der Waals surface area contributed by atoms with E-state index in [2.05, 4.69) is 30.3 Å². The largest absolute Gasteiger partial charge is 0.469 e. The van der Waals surface area contributed by atoms with Crippen molar-refractivity contribution in [3.8, 4) is 0 Å². The molecule has 0 spiro atoms. The quantitative estimate of drug-likeness (QED) is 0.0153. The van der Waals surface area contributed by atoms with Crippen LogP contribution in [0.1, 0.15) is 57.8 Å². The molecule has 19 N–H and O–H groups in total. The van der Waals surface area contributed by atoms with Gasteiger partial charge in [0.1, 0.15) is 48.8 Å². The summed E-state index contributed by atoms with van der Waals surface area (Å²) in [5, 5.41) is 104. The van der Waals surface area contributed by atoms with E-state index in [0.29, 0.717) is 52.5 Å². The van der Waals surface area contributed by atoms with Crippen LogP contribution in [0.2, 0.25) is 0 Å². The molecule has 55 heteroatoms. The highest BCUT2D eigenvalue weighted by atomic mass is 31.2. The molecule has 4 aliphatic rings. The van der Waals surface area contributed by atoms with E-state index in [1.807, 2.05) is 0 Å². The van der Waals surface area contributed by atoms with Crippen LogP contribution in [0.3, 0.4) is 0 Å². The molecule has 4 amide bonds. The predicted octanol–water partition coefficient (Wildman–Crippen LogP) is -8.75. The molecule has 1 aliphatic carbocycles. The van der Waals surface area contributed by atoms with Crippen molar-refractivity contribution in [2.75, 3.05) is 271 Å². The lowest BCUT2D eigenvalue weighted by atomic mass is 9.83. The van der Waals surface area contributed by atoms with Crippen LogP contribution in [0.25, 0.3) is 0 Å². The number of ether oxygens (including phenoxy) is 22. The highest BCUT2D eigenvalue weighted by molar-refractivity contribution is 7.46. The zero-order valence-electron chi connectivity index (χ0n) is 71.6. The van der Waals surface area contributed by atoms with Gasteiger partial charge in [-0.05, 0) is 25.7 Å². The Balaban J connectivity index is 1.20. The molecule has 3 saturated heterocycles. The summed E-state index contributed by atoms with van der Waals surface area (Å²) < 4.78 is 157. The molecule has 3 heterocycles. The van der Waals surface area contributed by atoms with Crippen LogP contribution in [-0.4, -0.2) is 474 Å². The number of nitrogens with one attached hydrogen (secondary N) is 4. The predicted molar refractivity (Wildman–Crippen MR) is 431 cm³/mol. The van der Waals surface area contributed by atoms with Crippen molar-refractivity contribution in [2.45, 2.75) is 149 Å². The molecule has 16 atom stereocenters. The normalized spacial score (nSPS) is 24.8. The summed E-state index contributed by atoms with van der Waals surface area (Å²) in [6.07, 6.45) is -19.6. The van der Waals surface area contributed by atoms with Crippen molar-refractivity contribution in [3.63, 3.8) is 0 Å². The average Bonchev–Trinajstić information content (AvgIpc) is 1.55. The van der Waals surface area contributed by atoms with Gasteiger partial charge in [-0.15, -0.1) is 0 Å². The molecule has 3 aliphatic heterocycles. The van der Waals surface area contributed by atoms with Gasteiger partial charge in [0, 0.05) is 70.5 Å². The van der Waals surface area contributed by atoms with Crippen LogP contribution >= 0.6 is 24.2 Å². The minimum absolute atomic E-state index is 0.0000267. The fourth-order valence-corrected chi connectivity index (χ4v) is 13.4. The lowest BCUT2D eigenvalue weighted by molar-refractivity contribution is -0.438. The highest BCUT2D eigenvalue weighted by Gasteiger charge is 2.71. The second kappa shape index (κ2) is 68.8. The maximum absolute atomic E-state index is 13.9. The molecule has 1 saturated carbocycles. The van der Waals surface area contributed by atoms with Crippen LogP contribution in [0.5, 0.6) is 0 Å². The van der Waals surface area contributed by atoms with Gasteiger partial charge in [-0.25, -0.2) is 9.13 Å². The van der Waals surface area contributed by atoms with Gasteiger partial charge in [-0.3, -0.25) is 28.2 Å². The Morgan fingerprint density at radius 3 is 0.984 bits per heavy atom. The molecule has 4 rings (SSSR count). The number of amides is 4. The average molecular weight is 1910 g/mol. The van der Waals surface area contributed by atoms with Gasteiger partial charge in [0.15, 0.2) is 32.5 Å². The van der Waals surface area contributed by atoms with Gasteiger partial charge in [-0.1, -0.05) is 0 Å². The van der Waals surface area contributed by atoms with Gasteiger partial charge in [0.25, 0.3) is 0 Å². The van der Waals surface area contributed by atoms with E-state index in [0.717, 1.165) is 0 Å². The maximum Gasteiger partial charge on any atom is 0.469 e. The minimum Gasteiger partial charge on any atom is -0.390 e. The van der Waals surface area contributed by atoms with Gasteiger partial charge in [0.05, 0.1) is 268 Å². The Morgan fingerprint density at radius 2 is 0.654 bits per heavy atom. The number of fused-ring (bicyclic) bond motifs is 1. The number of phosphoric ester groups is 2. The van der Waals surface area contributed by atoms with E-state index >= 15 is 0 Å².